The van der Waals surface area contributed by atoms with Gasteiger partial charge < -0.3 is 10.1 Å². The lowest BCUT2D eigenvalue weighted by Gasteiger charge is -2.37. The van der Waals surface area contributed by atoms with Crippen LogP contribution in [-0.4, -0.2) is 61.3 Å². The maximum absolute atomic E-state index is 5.57. The van der Waals surface area contributed by atoms with Gasteiger partial charge in [-0.3, -0.25) is 4.90 Å². The van der Waals surface area contributed by atoms with Gasteiger partial charge >= 0.3 is 0 Å². The summed E-state index contributed by atoms with van der Waals surface area (Å²) in [4.78, 5) is 2.59. The molecule has 2 saturated heterocycles. The van der Waals surface area contributed by atoms with Gasteiger partial charge in [0.25, 0.3) is 0 Å². The van der Waals surface area contributed by atoms with E-state index in [0.717, 1.165) is 44.1 Å². The molecular formula is C10H20N2OS. The van der Waals surface area contributed by atoms with Crippen molar-refractivity contribution in [3.8, 4) is 0 Å². The summed E-state index contributed by atoms with van der Waals surface area (Å²) in [7, 11) is 0. The van der Waals surface area contributed by atoms with Crippen LogP contribution in [-0.2, 0) is 4.74 Å². The average molecular weight is 216 g/mol. The Labute approximate surface area is 90.6 Å². The Morgan fingerprint density at radius 3 is 3.00 bits per heavy atom. The van der Waals surface area contributed by atoms with Gasteiger partial charge in [-0.05, 0) is 13.2 Å². The summed E-state index contributed by atoms with van der Waals surface area (Å²) in [6.07, 6.45) is 2.63. The van der Waals surface area contributed by atoms with Gasteiger partial charge in [0.15, 0.2) is 0 Å². The van der Waals surface area contributed by atoms with E-state index < -0.39 is 0 Å². The second kappa shape index (κ2) is 4.84. The Balaban J connectivity index is 1.92. The van der Waals surface area contributed by atoms with Gasteiger partial charge in [0.1, 0.15) is 0 Å². The lowest BCUT2D eigenvalue weighted by molar-refractivity contribution is -0.0304. The van der Waals surface area contributed by atoms with Crippen molar-refractivity contribution in [2.45, 2.75) is 24.3 Å². The second-order valence-corrected chi connectivity index (χ2v) is 5.25. The molecule has 14 heavy (non-hydrogen) atoms. The fourth-order valence-electron chi connectivity index (χ4n) is 2.39. The SMILES string of the molecule is CSC1CNCC1N1CCOC(C)C1. The summed E-state index contributed by atoms with van der Waals surface area (Å²) in [5.74, 6) is 0. The van der Waals surface area contributed by atoms with Crippen molar-refractivity contribution in [1.82, 2.24) is 10.2 Å². The number of morpholine rings is 1. The molecule has 3 nitrogen and oxygen atoms in total. The topological polar surface area (TPSA) is 24.5 Å². The van der Waals surface area contributed by atoms with Crippen molar-refractivity contribution in [3.05, 3.63) is 0 Å². The Morgan fingerprint density at radius 1 is 1.43 bits per heavy atom. The van der Waals surface area contributed by atoms with E-state index in [0.29, 0.717) is 6.10 Å². The molecule has 0 saturated carbocycles. The molecule has 4 heteroatoms. The van der Waals surface area contributed by atoms with Gasteiger partial charge in [-0.15, -0.1) is 0 Å². The fourth-order valence-corrected chi connectivity index (χ4v) is 3.26. The molecule has 82 valence electrons. The van der Waals surface area contributed by atoms with E-state index in [2.05, 4.69) is 23.4 Å². The molecule has 0 aromatic rings. The van der Waals surface area contributed by atoms with Crippen molar-refractivity contribution in [2.24, 2.45) is 0 Å². The molecule has 2 fully saturated rings. The smallest absolute Gasteiger partial charge is 0.0674 e. The van der Waals surface area contributed by atoms with Crippen molar-refractivity contribution in [1.29, 1.82) is 0 Å². The molecule has 0 spiro atoms. The number of nitrogens with one attached hydrogen (secondary N) is 1. The first kappa shape index (κ1) is 10.7. The van der Waals surface area contributed by atoms with E-state index in [1.165, 1.54) is 0 Å². The molecule has 2 heterocycles. The van der Waals surface area contributed by atoms with Crippen LogP contribution in [0.15, 0.2) is 0 Å². The van der Waals surface area contributed by atoms with Crippen LogP contribution in [0.4, 0.5) is 0 Å². The number of nitrogens with zero attached hydrogens (tertiary/aromatic N) is 1. The van der Waals surface area contributed by atoms with Gasteiger partial charge in [-0.2, -0.15) is 11.8 Å². The Hall–Kier alpha value is 0.230. The summed E-state index contributed by atoms with van der Waals surface area (Å²) in [6, 6.07) is 0.719. The number of thioether (sulfide) groups is 1. The molecule has 2 aliphatic rings. The second-order valence-electron chi connectivity index (χ2n) is 4.18. The Bertz CT molecular complexity index is 191. The summed E-state index contributed by atoms with van der Waals surface area (Å²) in [6.45, 7) is 7.59. The lowest BCUT2D eigenvalue weighted by Crippen LogP contribution is -2.50. The highest BCUT2D eigenvalue weighted by atomic mass is 32.2. The van der Waals surface area contributed by atoms with E-state index in [4.69, 9.17) is 4.74 Å². The minimum Gasteiger partial charge on any atom is -0.376 e. The van der Waals surface area contributed by atoms with Gasteiger partial charge in [0.2, 0.25) is 0 Å². The zero-order valence-electron chi connectivity index (χ0n) is 9.03. The van der Waals surface area contributed by atoms with Crippen LogP contribution < -0.4 is 5.32 Å². The maximum Gasteiger partial charge on any atom is 0.0674 e. The molecule has 2 rings (SSSR count). The molecular weight excluding hydrogens is 196 g/mol. The van der Waals surface area contributed by atoms with E-state index in [1.807, 2.05) is 11.8 Å². The van der Waals surface area contributed by atoms with Crippen LogP contribution in [0.5, 0.6) is 0 Å². The van der Waals surface area contributed by atoms with Gasteiger partial charge in [-0.25, -0.2) is 0 Å². The van der Waals surface area contributed by atoms with Crippen LogP contribution in [0.3, 0.4) is 0 Å². The standard InChI is InChI=1S/C10H20N2OS/c1-8-7-12(3-4-13-8)9-5-11-6-10(9)14-2/h8-11H,3-7H2,1-2H3. The highest BCUT2D eigenvalue weighted by Gasteiger charge is 2.33. The van der Waals surface area contributed by atoms with Crippen LogP contribution in [0.25, 0.3) is 0 Å². The first-order chi connectivity index (χ1) is 6.81. The van der Waals surface area contributed by atoms with Crippen molar-refractivity contribution in [3.63, 3.8) is 0 Å². The zero-order chi connectivity index (χ0) is 9.97. The Morgan fingerprint density at radius 2 is 2.29 bits per heavy atom. The lowest BCUT2D eigenvalue weighted by atomic mass is 10.2. The van der Waals surface area contributed by atoms with Crippen LogP contribution in [0, 0.1) is 0 Å². The molecule has 0 aliphatic carbocycles. The number of rotatable bonds is 2. The molecule has 0 aromatic carbocycles. The van der Waals surface area contributed by atoms with Gasteiger partial charge in [0.05, 0.1) is 12.7 Å². The van der Waals surface area contributed by atoms with Crippen LogP contribution in [0.1, 0.15) is 6.92 Å². The molecule has 0 aromatic heterocycles. The first-order valence-corrected chi connectivity index (χ1v) is 6.69. The highest BCUT2D eigenvalue weighted by molar-refractivity contribution is 7.99. The molecule has 1 N–H and O–H groups in total. The molecule has 3 unspecified atom stereocenters. The quantitative estimate of drug-likeness (QED) is 0.722. The Kier molecular flexibility index (Phi) is 3.71. The number of ether oxygens (including phenoxy) is 1. The minimum absolute atomic E-state index is 0.409. The van der Waals surface area contributed by atoms with Crippen LogP contribution in [0.2, 0.25) is 0 Å². The van der Waals surface area contributed by atoms with E-state index in [9.17, 15) is 0 Å². The van der Waals surface area contributed by atoms with E-state index in [-0.39, 0.29) is 0 Å². The summed E-state index contributed by atoms with van der Waals surface area (Å²) in [5.41, 5.74) is 0. The van der Waals surface area contributed by atoms with Crippen LogP contribution >= 0.6 is 11.8 Å². The monoisotopic (exact) mass is 216 g/mol. The maximum atomic E-state index is 5.57. The normalized spacial score (nSPS) is 40.3. The molecule has 0 radical (unpaired) electrons. The number of hydrogen-bond acceptors (Lipinski definition) is 4. The largest absolute Gasteiger partial charge is 0.376 e. The third kappa shape index (κ3) is 2.24. The van der Waals surface area contributed by atoms with Gasteiger partial charge in [-0.1, -0.05) is 0 Å². The predicted octanol–water partition coefficient (Wildman–Crippen LogP) is 0.410. The number of hydrogen-bond donors (Lipinski definition) is 1. The predicted molar refractivity (Wildman–Crippen MR) is 60.9 cm³/mol. The average Bonchev–Trinajstić information content (AvgIpc) is 2.65. The van der Waals surface area contributed by atoms with E-state index in [1.54, 1.807) is 0 Å². The van der Waals surface area contributed by atoms with Crippen molar-refractivity contribution >= 4 is 11.8 Å². The first-order valence-electron chi connectivity index (χ1n) is 5.40. The molecule has 0 amide bonds. The van der Waals surface area contributed by atoms with Crippen molar-refractivity contribution in [2.75, 3.05) is 39.0 Å². The molecule has 0 bridgehead atoms. The minimum atomic E-state index is 0.409. The molecule has 2 aliphatic heterocycles. The summed E-state index contributed by atoms with van der Waals surface area (Å²) >= 11 is 1.99. The van der Waals surface area contributed by atoms with Gasteiger partial charge in [0, 0.05) is 37.5 Å². The van der Waals surface area contributed by atoms with E-state index >= 15 is 0 Å². The summed E-state index contributed by atoms with van der Waals surface area (Å²) in [5, 5.41) is 4.25. The third-order valence-electron chi connectivity index (χ3n) is 3.17. The molecule has 3 atom stereocenters. The summed E-state index contributed by atoms with van der Waals surface area (Å²) < 4.78 is 5.57. The highest BCUT2D eigenvalue weighted by Crippen LogP contribution is 2.21. The van der Waals surface area contributed by atoms with Crippen molar-refractivity contribution < 1.29 is 4.74 Å². The third-order valence-corrected chi connectivity index (χ3v) is 4.26. The zero-order valence-corrected chi connectivity index (χ0v) is 9.85. The fraction of sp³-hybridized carbons (Fsp3) is 1.00.